The molecule has 0 aliphatic rings. The first-order valence-electron chi connectivity index (χ1n) is 9.15. The number of benzene rings is 1. The Hall–Kier alpha value is -3.00. The number of carbonyl (C=O) groups is 1. The average Bonchev–Trinajstić information content (AvgIpc) is 2.97. The summed E-state index contributed by atoms with van der Waals surface area (Å²) in [5.74, 6) is -1.51. The molecule has 0 saturated carbocycles. The number of carbonyl (C=O) groups excluding carboxylic acids is 1. The molecule has 1 amide bonds. The molecule has 2 N–H and O–H groups in total. The molecule has 6 nitrogen and oxygen atoms in total. The van der Waals surface area contributed by atoms with Crippen molar-refractivity contribution in [3.8, 4) is 5.75 Å². The van der Waals surface area contributed by atoms with Gasteiger partial charge in [0.25, 0.3) is 5.91 Å². The number of hydrogen-bond acceptors (Lipinski definition) is 4. The molecule has 0 unspecified atom stereocenters. The zero-order valence-electron chi connectivity index (χ0n) is 16.7. The van der Waals surface area contributed by atoms with Crippen molar-refractivity contribution in [3.05, 3.63) is 65.1 Å². The van der Waals surface area contributed by atoms with Crippen LogP contribution in [0.2, 0.25) is 0 Å². The molecule has 3 rings (SSSR count). The Labute approximate surface area is 167 Å². The van der Waals surface area contributed by atoms with Crippen LogP contribution < -0.4 is 10.1 Å². The van der Waals surface area contributed by atoms with E-state index in [1.165, 1.54) is 6.07 Å². The minimum Gasteiger partial charge on any atom is -0.485 e. The first-order chi connectivity index (χ1) is 13.6. The lowest BCUT2D eigenvalue weighted by atomic mass is 9.98. The standard InChI is InChI=1S/C21H23F2N3O3/c1-12-18(20(28)25-21(3,4)13(2)27)26-10-6-9-17(19(26)24-12)29-11-14-15(22)7-5-8-16(14)23/h5-10,13,27H,11H2,1-4H3,(H,25,28)/t13-/m0/s1. The van der Waals surface area contributed by atoms with Crippen molar-refractivity contribution in [1.82, 2.24) is 14.7 Å². The molecule has 0 aliphatic heterocycles. The van der Waals surface area contributed by atoms with Crippen molar-refractivity contribution < 1.29 is 23.4 Å². The summed E-state index contributed by atoms with van der Waals surface area (Å²) in [5, 5.41) is 12.7. The van der Waals surface area contributed by atoms with Crippen molar-refractivity contribution in [3.63, 3.8) is 0 Å². The smallest absolute Gasteiger partial charge is 0.270 e. The fourth-order valence-electron chi connectivity index (χ4n) is 2.82. The van der Waals surface area contributed by atoms with Gasteiger partial charge in [0.05, 0.1) is 22.9 Å². The van der Waals surface area contributed by atoms with Crippen molar-refractivity contribution >= 4 is 11.6 Å². The van der Waals surface area contributed by atoms with E-state index in [1.54, 1.807) is 50.4 Å². The molecular formula is C21H23F2N3O3. The summed E-state index contributed by atoms with van der Waals surface area (Å²) >= 11 is 0. The number of aromatic nitrogens is 2. The quantitative estimate of drug-likeness (QED) is 0.662. The molecule has 2 aromatic heterocycles. The summed E-state index contributed by atoms with van der Waals surface area (Å²) in [5.41, 5.74) is 0.0638. The van der Waals surface area contributed by atoms with Crippen LogP contribution in [0.5, 0.6) is 5.75 Å². The summed E-state index contributed by atoms with van der Waals surface area (Å²) in [4.78, 5) is 17.2. The molecule has 2 heterocycles. The number of rotatable bonds is 6. The molecule has 0 radical (unpaired) electrons. The number of pyridine rings is 1. The summed E-state index contributed by atoms with van der Waals surface area (Å²) in [6, 6.07) is 6.87. The van der Waals surface area contributed by atoms with E-state index in [-0.39, 0.29) is 23.6 Å². The van der Waals surface area contributed by atoms with E-state index in [2.05, 4.69) is 10.3 Å². The van der Waals surface area contributed by atoms with Gasteiger partial charge in [0.1, 0.15) is 23.9 Å². The monoisotopic (exact) mass is 403 g/mol. The Bertz CT molecular complexity index is 1040. The van der Waals surface area contributed by atoms with Crippen molar-refractivity contribution in [2.45, 2.75) is 45.9 Å². The first kappa shape index (κ1) is 20.7. The number of hydrogen-bond donors (Lipinski definition) is 2. The van der Waals surface area contributed by atoms with E-state index in [1.807, 2.05) is 0 Å². The van der Waals surface area contributed by atoms with Gasteiger partial charge in [0.15, 0.2) is 11.4 Å². The zero-order chi connectivity index (χ0) is 21.3. The van der Waals surface area contributed by atoms with Gasteiger partial charge in [-0.05, 0) is 52.0 Å². The fraction of sp³-hybridized carbons (Fsp3) is 0.333. The number of aryl methyl sites for hydroxylation is 1. The largest absolute Gasteiger partial charge is 0.485 e. The molecule has 1 aromatic carbocycles. The third-order valence-corrected chi connectivity index (χ3v) is 4.92. The molecule has 8 heteroatoms. The maximum Gasteiger partial charge on any atom is 0.270 e. The number of fused-ring (bicyclic) bond motifs is 1. The second-order valence-electron chi connectivity index (χ2n) is 7.45. The molecule has 0 bridgehead atoms. The summed E-state index contributed by atoms with van der Waals surface area (Å²) in [7, 11) is 0. The average molecular weight is 403 g/mol. The molecule has 0 fully saturated rings. The third-order valence-electron chi connectivity index (χ3n) is 4.92. The second kappa shape index (κ2) is 7.79. The molecule has 0 spiro atoms. The molecule has 29 heavy (non-hydrogen) atoms. The number of aliphatic hydroxyl groups excluding tert-OH is 1. The predicted octanol–water partition coefficient (Wildman–Crippen LogP) is 3.39. The highest BCUT2D eigenvalue weighted by molar-refractivity contribution is 5.95. The van der Waals surface area contributed by atoms with E-state index in [0.717, 1.165) is 12.1 Å². The van der Waals surface area contributed by atoms with E-state index in [0.29, 0.717) is 11.3 Å². The van der Waals surface area contributed by atoms with Crippen LogP contribution in [0.15, 0.2) is 36.5 Å². The SMILES string of the molecule is Cc1nc2c(OCc3c(F)cccc3F)cccn2c1C(=O)NC(C)(C)[C@H](C)O. The van der Waals surface area contributed by atoms with Gasteiger partial charge in [-0.1, -0.05) is 6.07 Å². The van der Waals surface area contributed by atoms with Gasteiger partial charge in [-0.25, -0.2) is 13.8 Å². The van der Waals surface area contributed by atoms with Crippen molar-refractivity contribution in [2.75, 3.05) is 0 Å². The van der Waals surface area contributed by atoms with E-state index in [9.17, 15) is 18.7 Å². The highest BCUT2D eigenvalue weighted by Crippen LogP contribution is 2.24. The zero-order valence-corrected chi connectivity index (χ0v) is 16.7. The highest BCUT2D eigenvalue weighted by atomic mass is 19.1. The van der Waals surface area contributed by atoms with Crippen LogP contribution in [0, 0.1) is 18.6 Å². The summed E-state index contributed by atoms with van der Waals surface area (Å²) < 4.78 is 34.9. The van der Waals surface area contributed by atoms with E-state index in [4.69, 9.17) is 4.74 Å². The minimum absolute atomic E-state index is 0.186. The number of nitrogens with zero attached hydrogens (tertiary/aromatic N) is 2. The lowest BCUT2D eigenvalue weighted by Crippen LogP contribution is -2.51. The van der Waals surface area contributed by atoms with Crippen LogP contribution in [0.1, 0.15) is 42.5 Å². The third kappa shape index (κ3) is 4.07. The van der Waals surface area contributed by atoms with Gasteiger partial charge in [-0.2, -0.15) is 0 Å². The number of aliphatic hydroxyl groups is 1. The van der Waals surface area contributed by atoms with Crippen molar-refractivity contribution in [2.24, 2.45) is 0 Å². The van der Waals surface area contributed by atoms with Crippen LogP contribution in [-0.4, -0.2) is 32.0 Å². The normalized spacial score (nSPS) is 12.8. The molecular weight excluding hydrogens is 380 g/mol. The Balaban J connectivity index is 1.93. The topological polar surface area (TPSA) is 75.9 Å². The molecule has 0 saturated heterocycles. The fourth-order valence-corrected chi connectivity index (χ4v) is 2.82. The highest BCUT2D eigenvalue weighted by Gasteiger charge is 2.29. The number of ether oxygens (including phenoxy) is 1. The maximum atomic E-state index is 13.8. The van der Waals surface area contributed by atoms with Gasteiger partial charge in [0.2, 0.25) is 0 Å². The van der Waals surface area contributed by atoms with Crippen LogP contribution >= 0.6 is 0 Å². The summed E-state index contributed by atoms with van der Waals surface area (Å²) in [6.45, 7) is 6.38. The Morgan fingerprint density at radius 1 is 1.28 bits per heavy atom. The number of halogens is 2. The first-order valence-corrected chi connectivity index (χ1v) is 9.15. The van der Waals surface area contributed by atoms with Crippen LogP contribution in [0.4, 0.5) is 8.78 Å². The minimum atomic E-state index is -0.843. The van der Waals surface area contributed by atoms with E-state index >= 15 is 0 Å². The second-order valence-corrected chi connectivity index (χ2v) is 7.45. The van der Waals surface area contributed by atoms with Gasteiger partial charge in [0, 0.05) is 6.20 Å². The lowest BCUT2D eigenvalue weighted by molar-refractivity contribution is 0.0704. The van der Waals surface area contributed by atoms with Gasteiger partial charge >= 0.3 is 0 Å². The van der Waals surface area contributed by atoms with Crippen LogP contribution in [-0.2, 0) is 6.61 Å². The maximum absolute atomic E-state index is 13.8. The van der Waals surface area contributed by atoms with Gasteiger partial charge < -0.3 is 15.2 Å². The molecule has 1 atom stereocenters. The van der Waals surface area contributed by atoms with E-state index < -0.39 is 29.2 Å². The number of nitrogens with one attached hydrogen (secondary N) is 1. The van der Waals surface area contributed by atoms with Crippen LogP contribution in [0.3, 0.4) is 0 Å². The predicted molar refractivity (Wildman–Crippen MR) is 104 cm³/mol. The van der Waals surface area contributed by atoms with Crippen LogP contribution in [0.25, 0.3) is 5.65 Å². The Kier molecular flexibility index (Phi) is 5.57. The van der Waals surface area contributed by atoms with Crippen molar-refractivity contribution in [1.29, 1.82) is 0 Å². The van der Waals surface area contributed by atoms with Gasteiger partial charge in [-0.3, -0.25) is 9.20 Å². The Morgan fingerprint density at radius 2 is 1.93 bits per heavy atom. The number of imidazole rings is 1. The number of amides is 1. The lowest BCUT2D eigenvalue weighted by Gasteiger charge is -2.29. The molecule has 3 aromatic rings. The molecule has 154 valence electrons. The molecule has 0 aliphatic carbocycles. The Morgan fingerprint density at radius 3 is 2.55 bits per heavy atom. The van der Waals surface area contributed by atoms with Gasteiger partial charge in [-0.15, -0.1) is 0 Å². The summed E-state index contributed by atoms with van der Waals surface area (Å²) in [6.07, 6.45) is 0.886.